The standard InChI is InChI=1S/C33H37NO6/c1-6-39-27-16-15-24(20-26(27)33(2,3)4)30(35)28-29(34(17-18-38-5)32(37)31(28)36)23-13-10-14-25(19-23)40-21-22-11-8-7-9-12-22/h7-16,19-20,29,35H,6,17-18,21H2,1-5H3/b30-28+. The maximum Gasteiger partial charge on any atom is 0.295 e. The number of methoxy groups -OCH3 is 1. The topological polar surface area (TPSA) is 85.3 Å². The third-order valence-electron chi connectivity index (χ3n) is 6.86. The highest BCUT2D eigenvalue weighted by atomic mass is 16.5. The van der Waals surface area contributed by atoms with Gasteiger partial charge in [-0.05, 0) is 53.8 Å². The fraction of sp³-hybridized carbons (Fsp3) is 0.333. The third kappa shape index (κ3) is 6.20. The fourth-order valence-corrected chi connectivity index (χ4v) is 4.86. The molecule has 3 aromatic carbocycles. The molecule has 0 spiro atoms. The second-order valence-electron chi connectivity index (χ2n) is 10.7. The number of benzene rings is 3. The Morgan fingerprint density at radius 3 is 2.38 bits per heavy atom. The van der Waals surface area contributed by atoms with Crippen molar-refractivity contribution in [1.29, 1.82) is 0 Å². The van der Waals surface area contributed by atoms with Gasteiger partial charge in [0.15, 0.2) is 0 Å². The van der Waals surface area contributed by atoms with Gasteiger partial charge in [0.05, 0.1) is 24.8 Å². The molecule has 1 N–H and O–H groups in total. The van der Waals surface area contributed by atoms with Crippen molar-refractivity contribution >= 4 is 17.4 Å². The van der Waals surface area contributed by atoms with Crippen molar-refractivity contribution in [2.45, 2.75) is 45.8 Å². The Balaban J connectivity index is 1.79. The smallest absolute Gasteiger partial charge is 0.295 e. The summed E-state index contributed by atoms with van der Waals surface area (Å²) in [5.74, 6) is -0.337. The zero-order chi connectivity index (χ0) is 28.9. The van der Waals surface area contributed by atoms with Crippen LogP contribution in [0.15, 0.2) is 78.4 Å². The molecule has 0 radical (unpaired) electrons. The van der Waals surface area contributed by atoms with Crippen molar-refractivity contribution in [3.8, 4) is 11.5 Å². The van der Waals surface area contributed by atoms with Crippen LogP contribution in [0.2, 0.25) is 0 Å². The molecule has 4 rings (SSSR count). The van der Waals surface area contributed by atoms with Crippen LogP contribution in [0.25, 0.3) is 5.76 Å². The number of nitrogens with zero attached hydrogens (tertiary/aromatic N) is 1. The van der Waals surface area contributed by atoms with Crippen LogP contribution in [0.1, 0.15) is 56.0 Å². The molecule has 1 aliphatic heterocycles. The largest absolute Gasteiger partial charge is 0.507 e. The second-order valence-corrected chi connectivity index (χ2v) is 10.7. The Labute approximate surface area is 236 Å². The summed E-state index contributed by atoms with van der Waals surface area (Å²) in [7, 11) is 1.54. The highest BCUT2D eigenvalue weighted by Crippen LogP contribution is 2.41. The van der Waals surface area contributed by atoms with Crippen LogP contribution in [0, 0.1) is 0 Å². The van der Waals surface area contributed by atoms with Gasteiger partial charge < -0.3 is 24.2 Å². The van der Waals surface area contributed by atoms with Gasteiger partial charge in [0, 0.05) is 24.8 Å². The number of aliphatic hydroxyl groups excluding tert-OH is 1. The van der Waals surface area contributed by atoms with E-state index < -0.39 is 17.7 Å². The molecule has 1 aliphatic rings. The van der Waals surface area contributed by atoms with E-state index in [0.29, 0.717) is 35.8 Å². The minimum atomic E-state index is -0.805. The lowest BCUT2D eigenvalue weighted by Crippen LogP contribution is -2.32. The predicted molar refractivity (Wildman–Crippen MR) is 154 cm³/mol. The van der Waals surface area contributed by atoms with Gasteiger partial charge in [-0.2, -0.15) is 0 Å². The maximum atomic E-state index is 13.4. The highest BCUT2D eigenvalue weighted by Gasteiger charge is 2.46. The Bertz CT molecular complexity index is 1390. The first-order valence-electron chi connectivity index (χ1n) is 13.5. The molecular weight excluding hydrogens is 506 g/mol. The predicted octanol–water partition coefficient (Wildman–Crippen LogP) is 6.03. The summed E-state index contributed by atoms with van der Waals surface area (Å²) < 4.78 is 17.1. The second kappa shape index (κ2) is 12.4. The van der Waals surface area contributed by atoms with Crippen molar-refractivity contribution in [2.24, 2.45) is 0 Å². The number of rotatable bonds is 10. The lowest BCUT2D eigenvalue weighted by atomic mass is 9.84. The normalized spacial score (nSPS) is 16.8. The summed E-state index contributed by atoms with van der Waals surface area (Å²) in [5.41, 5.74) is 2.76. The number of hydrogen-bond donors (Lipinski definition) is 1. The van der Waals surface area contributed by atoms with Crippen molar-refractivity contribution in [1.82, 2.24) is 4.90 Å². The Morgan fingerprint density at radius 2 is 1.70 bits per heavy atom. The Morgan fingerprint density at radius 1 is 0.950 bits per heavy atom. The summed E-state index contributed by atoms with van der Waals surface area (Å²) in [6.07, 6.45) is 0. The molecule has 0 bridgehead atoms. The highest BCUT2D eigenvalue weighted by molar-refractivity contribution is 6.46. The van der Waals surface area contributed by atoms with E-state index in [1.807, 2.05) is 67.6 Å². The van der Waals surface area contributed by atoms with Crippen LogP contribution in [-0.4, -0.2) is 48.6 Å². The number of Topliss-reactive ketones (excluding diaryl/α,β-unsaturated/α-hetero) is 1. The van der Waals surface area contributed by atoms with Crippen LogP contribution in [-0.2, 0) is 26.3 Å². The lowest BCUT2D eigenvalue weighted by molar-refractivity contribution is -0.140. The molecule has 7 nitrogen and oxygen atoms in total. The average Bonchev–Trinajstić information content (AvgIpc) is 3.20. The van der Waals surface area contributed by atoms with Crippen molar-refractivity contribution in [3.63, 3.8) is 0 Å². The van der Waals surface area contributed by atoms with Gasteiger partial charge in [0.2, 0.25) is 0 Å². The molecule has 1 saturated heterocycles. The molecule has 0 saturated carbocycles. The van der Waals surface area contributed by atoms with Crippen molar-refractivity contribution in [2.75, 3.05) is 26.9 Å². The van der Waals surface area contributed by atoms with Gasteiger partial charge >= 0.3 is 0 Å². The number of hydrogen-bond acceptors (Lipinski definition) is 6. The van der Waals surface area contributed by atoms with E-state index in [1.54, 1.807) is 12.1 Å². The summed E-state index contributed by atoms with van der Waals surface area (Å²) in [5, 5.41) is 11.6. The van der Waals surface area contributed by atoms with E-state index in [0.717, 1.165) is 11.1 Å². The number of carbonyl (C=O) groups is 2. The molecule has 1 heterocycles. The molecule has 210 valence electrons. The molecule has 1 atom stereocenters. The molecule has 7 heteroatoms. The first-order chi connectivity index (χ1) is 19.2. The van der Waals surface area contributed by atoms with Crippen LogP contribution in [0.3, 0.4) is 0 Å². The van der Waals surface area contributed by atoms with Crippen LogP contribution < -0.4 is 9.47 Å². The maximum absolute atomic E-state index is 13.4. The molecular formula is C33H37NO6. The van der Waals surface area contributed by atoms with Gasteiger partial charge in [0.1, 0.15) is 23.9 Å². The van der Waals surface area contributed by atoms with E-state index in [2.05, 4.69) is 20.8 Å². The summed E-state index contributed by atoms with van der Waals surface area (Å²) in [4.78, 5) is 28.1. The van der Waals surface area contributed by atoms with Gasteiger partial charge in [0.25, 0.3) is 11.7 Å². The summed E-state index contributed by atoms with van der Waals surface area (Å²) in [6, 6.07) is 21.6. The number of amides is 1. The van der Waals surface area contributed by atoms with Crippen molar-refractivity contribution in [3.05, 3.63) is 101 Å². The van der Waals surface area contributed by atoms with E-state index in [-0.39, 0.29) is 29.9 Å². The van der Waals surface area contributed by atoms with Crippen molar-refractivity contribution < 1.29 is 28.9 Å². The van der Waals surface area contributed by atoms with Gasteiger partial charge in [-0.1, -0.05) is 63.2 Å². The number of ketones is 1. The number of likely N-dealkylation sites (tertiary alicyclic amines) is 1. The van der Waals surface area contributed by atoms with Gasteiger partial charge in [-0.25, -0.2) is 0 Å². The minimum absolute atomic E-state index is 0.0327. The minimum Gasteiger partial charge on any atom is -0.507 e. The monoisotopic (exact) mass is 543 g/mol. The number of ether oxygens (including phenoxy) is 3. The van der Waals surface area contributed by atoms with E-state index >= 15 is 0 Å². The molecule has 3 aromatic rings. The van der Waals surface area contributed by atoms with Gasteiger partial charge in [-0.15, -0.1) is 0 Å². The quantitative estimate of drug-likeness (QED) is 0.191. The zero-order valence-corrected chi connectivity index (χ0v) is 23.8. The van der Waals surface area contributed by atoms with Gasteiger partial charge in [-0.3, -0.25) is 9.59 Å². The molecule has 0 aliphatic carbocycles. The Hall–Kier alpha value is -4.10. The first kappa shape index (κ1) is 28.9. The Kier molecular flexibility index (Phi) is 8.95. The molecule has 1 amide bonds. The third-order valence-corrected chi connectivity index (χ3v) is 6.86. The van der Waals surface area contributed by atoms with Crippen LogP contribution >= 0.6 is 0 Å². The van der Waals surface area contributed by atoms with E-state index in [1.165, 1.54) is 12.0 Å². The molecule has 0 aromatic heterocycles. The zero-order valence-electron chi connectivity index (χ0n) is 23.8. The average molecular weight is 544 g/mol. The lowest BCUT2D eigenvalue weighted by Gasteiger charge is -2.26. The molecule has 1 unspecified atom stereocenters. The van der Waals surface area contributed by atoms with Crippen LogP contribution in [0.4, 0.5) is 0 Å². The number of aliphatic hydroxyl groups is 1. The first-order valence-corrected chi connectivity index (χ1v) is 13.5. The number of carbonyl (C=O) groups excluding carboxylic acids is 2. The SMILES string of the molecule is CCOc1ccc(/C(O)=C2\C(=O)C(=O)N(CCOC)C2c2cccc(OCc3ccccc3)c2)cc1C(C)(C)C. The summed E-state index contributed by atoms with van der Waals surface area (Å²) >= 11 is 0. The fourth-order valence-electron chi connectivity index (χ4n) is 4.86. The van der Waals surface area contributed by atoms with E-state index in [4.69, 9.17) is 14.2 Å². The molecule has 1 fully saturated rings. The van der Waals surface area contributed by atoms with E-state index in [9.17, 15) is 14.7 Å². The summed E-state index contributed by atoms with van der Waals surface area (Å²) in [6.45, 7) is 9.38. The molecule has 40 heavy (non-hydrogen) atoms. The van der Waals surface area contributed by atoms with Crippen LogP contribution in [0.5, 0.6) is 11.5 Å².